The van der Waals surface area contributed by atoms with Crippen molar-refractivity contribution in [2.45, 2.75) is 36.8 Å². The summed E-state index contributed by atoms with van der Waals surface area (Å²) in [4.78, 5) is 13.4. The number of alkyl halides is 3. The number of halogens is 4. The number of amides is 1. The number of carbonyl (C=O) groups excluding carboxylic acids is 1. The lowest BCUT2D eigenvalue weighted by molar-refractivity contribution is -0.137. The van der Waals surface area contributed by atoms with Crippen LogP contribution in [0.25, 0.3) is 10.7 Å². The van der Waals surface area contributed by atoms with Gasteiger partial charge in [0.2, 0.25) is 5.91 Å². The normalized spacial score (nSPS) is 16.4. The Labute approximate surface area is 195 Å². The number of ether oxygens (including phenoxy) is 1. The Morgan fingerprint density at radius 1 is 1.34 bits per heavy atom. The summed E-state index contributed by atoms with van der Waals surface area (Å²) in [5.74, 6) is 0.126. The van der Waals surface area contributed by atoms with Crippen molar-refractivity contribution in [2.24, 2.45) is 0 Å². The van der Waals surface area contributed by atoms with E-state index in [-0.39, 0.29) is 22.6 Å². The lowest BCUT2D eigenvalue weighted by Crippen LogP contribution is -2.18. The lowest BCUT2D eigenvalue weighted by Gasteiger charge is -2.14. The first kappa shape index (κ1) is 23.1. The molecule has 0 unspecified atom stereocenters. The predicted molar refractivity (Wildman–Crippen MR) is 118 cm³/mol. The first-order chi connectivity index (χ1) is 15.3. The quantitative estimate of drug-likeness (QED) is 0.427. The van der Waals surface area contributed by atoms with Gasteiger partial charge in [0, 0.05) is 6.61 Å². The number of aromatic nitrogens is 3. The molecule has 1 N–H and O–H groups in total. The van der Waals surface area contributed by atoms with Crippen LogP contribution in [0.4, 0.5) is 18.9 Å². The highest BCUT2D eigenvalue weighted by Gasteiger charge is 2.31. The summed E-state index contributed by atoms with van der Waals surface area (Å²) in [7, 11) is 0. The Morgan fingerprint density at radius 3 is 2.88 bits per heavy atom. The van der Waals surface area contributed by atoms with Crippen molar-refractivity contribution in [3.05, 3.63) is 46.3 Å². The second kappa shape index (κ2) is 9.82. The van der Waals surface area contributed by atoms with Gasteiger partial charge in [0.1, 0.15) is 0 Å². The predicted octanol–water partition coefficient (Wildman–Crippen LogP) is 5.59. The summed E-state index contributed by atoms with van der Waals surface area (Å²) < 4.78 is 46.5. The number of anilines is 1. The van der Waals surface area contributed by atoms with E-state index in [0.717, 1.165) is 47.7 Å². The fourth-order valence-electron chi connectivity index (χ4n) is 3.25. The molecule has 0 radical (unpaired) electrons. The van der Waals surface area contributed by atoms with Gasteiger partial charge < -0.3 is 10.1 Å². The molecule has 2 aromatic heterocycles. The zero-order valence-electron chi connectivity index (χ0n) is 16.6. The van der Waals surface area contributed by atoms with E-state index in [2.05, 4.69) is 15.5 Å². The molecule has 0 aliphatic carbocycles. The summed E-state index contributed by atoms with van der Waals surface area (Å²) in [6, 6.07) is 6.66. The van der Waals surface area contributed by atoms with Crippen molar-refractivity contribution in [3.8, 4) is 10.7 Å². The summed E-state index contributed by atoms with van der Waals surface area (Å²) in [5, 5.41) is 13.5. The van der Waals surface area contributed by atoms with Crippen LogP contribution in [-0.4, -0.2) is 39.1 Å². The maximum absolute atomic E-state index is 12.9. The molecule has 12 heteroatoms. The van der Waals surface area contributed by atoms with Crippen molar-refractivity contribution in [3.63, 3.8) is 0 Å². The highest BCUT2D eigenvalue weighted by molar-refractivity contribution is 7.99. The topological polar surface area (TPSA) is 69.0 Å². The number of hydrogen-bond acceptors (Lipinski definition) is 6. The molecule has 1 atom stereocenters. The van der Waals surface area contributed by atoms with Crippen LogP contribution in [0.2, 0.25) is 5.02 Å². The van der Waals surface area contributed by atoms with Crippen LogP contribution in [0.3, 0.4) is 0 Å². The monoisotopic (exact) mass is 502 g/mol. The van der Waals surface area contributed by atoms with Crippen molar-refractivity contribution in [1.29, 1.82) is 0 Å². The van der Waals surface area contributed by atoms with Crippen LogP contribution < -0.4 is 5.32 Å². The van der Waals surface area contributed by atoms with Gasteiger partial charge in [0.05, 0.1) is 39.6 Å². The van der Waals surface area contributed by atoms with E-state index in [1.165, 1.54) is 11.3 Å². The molecule has 0 spiro atoms. The average Bonchev–Trinajstić information content (AvgIpc) is 3.50. The number of hydrogen-bond donors (Lipinski definition) is 1. The second-order valence-corrected chi connectivity index (χ2v) is 9.36. The molecule has 1 saturated heterocycles. The van der Waals surface area contributed by atoms with Gasteiger partial charge in [0.25, 0.3) is 0 Å². The Bertz CT molecular complexity index is 1080. The van der Waals surface area contributed by atoms with Gasteiger partial charge in [-0.1, -0.05) is 29.4 Å². The van der Waals surface area contributed by atoms with E-state index in [1.807, 2.05) is 22.1 Å². The molecule has 4 rings (SSSR count). The van der Waals surface area contributed by atoms with Crippen molar-refractivity contribution >= 4 is 46.3 Å². The summed E-state index contributed by atoms with van der Waals surface area (Å²) >= 11 is 8.65. The summed E-state index contributed by atoms with van der Waals surface area (Å²) in [6.07, 6.45) is -2.57. The highest BCUT2D eigenvalue weighted by Crippen LogP contribution is 2.34. The van der Waals surface area contributed by atoms with E-state index in [1.54, 1.807) is 0 Å². The minimum absolute atomic E-state index is 0.0258. The van der Waals surface area contributed by atoms with Gasteiger partial charge in [-0.2, -0.15) is 13.2 Å². The van der Waals surface area contributed by atoms with Crippen LogP contribution in [0.5, 0.6) is 0 Å². The zero-order valence-corrected chi connectivity index (χ0v) is 19.0. The molecule has 3 aromatic rings. The molecule has 3 heterocycles. The van der Waals surface area contributed by atoms with E-state index >= 15 is 0 Å². The number of carbonyl (C=O) groups is 1. The van der Waals surface area contributed by atoms with E-state index in [4.69, 9.17) is 16.3 Å². The molecule has 1 fully saturated rings. The third kappa shape index (κ3) is 5.45. The Morgan fingerprint density at radius 2 is 2.19 bits per heavy atom. The molecule has 6 nitrogen and oxygen atoms in total. The number of thiophene rings is 1. The molecular weight excluding hydrogens is 485 g/mol. The summed E-state index contributed by atoms with van der Waals surface area (Å²) in [6.45, 7) is 1.27. The fraction of sp³-hybridized carbons (Fsp3) is 0.350. The van der Waals surface area contributed by atoms with Crippen LogP contribution in [-0.2, 0) is 22.3 Å². The van der Waals surface area contributed by atoms with Crippen LogP contribution in [0, 0.1) is 0 Å². The molecule has 1 aliphatic rings. The van der Waals surface area contributed by atoms with Crippen molar-refractivity contribution < 1.29 is 22.7 Å². The third-order valence-corrected chi connectivity index (χ3v) is 6.93. The number of nitrogens with zero attached hydrogens (tertiary/aromatic N) is 3. The number of thioether (sulfide) groups is 1. The Balaban J connectivity index is 1.47. The molecular formula is C20H18ClF3N4O2S2. The number of nitrogens with one attached hydrogen (secondary N) is 1. The standard InChI is InChI=1S/C20H18ClF3N4O2S2/c21-14-6-5-12(20(22,23)24)9-15(14)25-17(29)11-32-19-27-26-18(16-4-2-8-31-16)28(19)10-13-3-1-7-30-13/h2,4-6,8-9,13H,1,3,7,10-11H2,(H,25,29)/t13-/m0/s1. The minimum Gasteiger partial charge on any atom is -0.376 e. The van der Waals surface area contributed by atoms with Gasteiger partial charge in [-0.25, -0.2) is 0 Å². The van der Waals surface area contributed by atoms with E-state index < -0.39 is 17.6 Å². The molecule has 1 aromatic carbocycles. The highest BCUT2D eigenvalue weighted by atomic mass is 35.5. The van der Waals surface area contributed by atoms with Crippen LogP contribution in [0.15, 0.2) is 40.9 Å². The van der Waals surface area contributed by atoms with Gasteiger partial charge in [-0.15, -0.1) is 21.5 Å². The molecule has 0 bridgehead atoms. The molecule has 0 saturated carbocycles. The smallest absolute Gasteiger partial charge is 0.376 e. The molecule has 170 valence electrons. The minimum atomic E-state index is -4.53. The Hall–Kier alpha value is -2.08. The number of benzene rings is 1. The van der Waals surface area contributed by atoms with Gasteiger partial charge >= 0.3 is 6.18 Å². The first-order valence-corrected chi connectivity index (χ1v) is 11.9. The average molecular weight is 503 g/mol. The fourth-order valence-corrected chi connectivity index (χ4v) is 4.88. The van der Waals surface area contributed by atoms with Crippen LogP contribution in [0.1, 0.15) is 18.4 Å². The maximum Gasteiger partial charge on any atom is 0.416 e. The van der Waals surface area contributed by atoms with Gasteiger partial charge in [-0.3, -0.25) is 9.36 Å². The molecule has 32 heavy (non-hydrogen) atoms. The van der Waals surface area contributed by atoms with Crippen molar-refractivity contribution in [1.82, 2.24) is 14.8 Å². The summed E-state index contributed by atoms with van der Waals surface area (Å²) in [5.41, 5.74) is -0.978. The van der Waals surface area contributed by atoms with E-state index in [0.29, 0.717) is 24.1 Å². The SMILES string of the molecule is O=C(CSc1nnc(-c2cccs2)n1C[C@@H]1CCCO1)Nc1cc(C(F)(F)F)ccc1Cl. The van der Waals surface area contributed by atoms with Crippen molar-refractivity contribution in [2.75, 3.05) is 17.7 Å². The maximum atomic E-state index is 12.9. The van der Waals surface area contributed by atoms with Crippen LogP contribution >= 0.6 is 34.7 Å². The first-order valence-electron chi connectivity index (χ1n) is 9.69. The van der Waals surface area contributed by atoms with Gasteiger partial charge in [0.15, 0.2) is 11.0 Å². The molecule has 1 aliphatic heterocycles. The third-order valence-electron chi connectivity index (χ3n) is 4.77. The van der Waals surface area contributed by atoms with E-state index in [9.17, 15) is 18.0 Å². The lowest BCUT2D eigenvalue weighted by atomic mass is 10.2. The largest absolute Gasteiger partial charge is 0.416 e. The Kier molecular flexibility index (Phi) is 7.08. The number of rotatable bonds is 7. The second-order valence-electron chi connectivity index (χ2n) is 7.06. The molecule has 1 amide bonds. The zero-order chi connectivity index (χ0) is 22.7. The van der Waals surface area contributed by atoms with Gasteiger partial charge in [-0.05, 0) is 42.5 Å².